The molecule has 3 amide bonds. The number of rotatable bonds is 8. The molecule has 3 aromatic rings. The van der Waals surface area contributed by atoms with Crippen LogP contribution in [-0.2, 0) is 16.0 Å². The standard InChI is InChI=1S/C25H28N4O3S.ClH/c1-4-17-6-11-20-21(16-17)33-25(26-20)28(15-5-14-27(2)3)24(32)18-7-9-19(10-8-18)29-22(30)12-13-23(29)31;/h6-11,16H,4-5,12-15H2,1-3H3;1H. The molecule has 1 fully saturated rings. The van der Waals surface area contributed by atoms with E-state index in [1.165, 1.54) is 21.8 Å². The van der Waals surface area contributed by atoms with Gasteiger partial charge >= 0.3 is 0 Å². The van der Waals surface area contributed by atoms with Gasteiger partial charge in [-0.1, -0.05) is 24.3 Å². The second-order valence-corrected chi connectivity index (χ2v) is 9.44. The van der Waals surface area contributed by atoms with Gasteiger partial charge < -0.3 is 4.90 Å². The summed E-state index contributed by atoms with van der Waals surface area (Å²) < 4.78 is 1.07. The first kappa shape index (κ1) is 25.8. The highest BCUT2D eigenvalue weighted by Gasteiger charge is 2.30. The van der Waals surface area contributed by atoms with Crippen LogP contribution in [0.4, 0.5) is 10.8 Å². The molecule has 7 nitrogen and oxygen atoms in total. The normalized spacial score (nSPS) is 13.6. The lowest BCUT2D eigenvalue weighted by Gasteiger charge is -2.21. The minimum Gasteiger partial charge on any atom is -0.309 e. The summed E-state index contributed by atoms with van der Waals surface area (Å²) >= 11 is 1.52. The van der Waals surface area contributed by atoms with Crippen LogP contribution in [-0.4, -0.2) is 54.8 Å². The molecule has 9 heteroatoms. The van der Waals surface area contributed by atoms with E-state index in [-0.39, 0.29) is 43.0 Å². The van der Waals surface area contributed by atoms with Crippen LogP contribution in [0.25, 0.3) is 10.2 Å². The van der Waals surface area contributed by atoms with Gasteiger partial charge in [-0.3, -0.25) is 24.2 Å². The predicted molar refractivity (Wildman–Crippen MR) is 139 cm³/mol. The molecule has 180 valence electrons. The number of halogens is 1. The van der Waals surface area contributed by atoms with Gasteiger partial charge in [0.25, 0.3) is 5.91 Å². The Morgan fingerprint density at radius 2 is 1.71 bits per heavy atom. The second kappa shape index (κ2) is 11.1. The average Bonchev–Trinajstić information content (AvgIpc) is 3.38. The molecule has 0 bridgehead atoms. The van der Waals surface area contributed by atoms with Crippen LogP contribution in [0.2, 0.25) is 0 Å². The number of hydrogen-bond donors (Lipinski definition) is 0. The first-order valence-electron chi connectivity index (χ1n) is 11.2. The number of amides is 3. The fourth-order valence-corrected chi connectivity index (χ4v) is 4.95. The zero-order valence-electron chi connectivity index (χ0n) is 19.6. The number of carbonyl (C=O) groups excluding carboxylic acids is 3. The van der Waals surface area contributed by atoms with E-state index in [0.29, 0.717) is 22.9 Å². The smallest absolute Gasteiger partial charge is 0.260 e. The number of aryl methyl sites for hydroxylation is 1. The SMILES string of the molecule is CCc1ccc2nc(N(CCCN(C)C)C(=O)c3ccc(N4C(=O)CCC4=O)cc3)sc2c1.Cl. The molecule has 2 aromatic carbocycles. The van der Waals surface area contributed by atoms with Gasteiger partial charge in [0.05, 0.1) is 15.9 Å². The Labute approximate surface area is 209 Å². The lowest BCUT2D eigenvalue weighted by atomic mass is 10.1. The van der Waals surface area contributed by atoms with Gasteiger partial charge in [-0.15, -0.1) is 12.4 Å². The van der Waals surface area contributed by atoms with Crippen molar-refractivity contribution in [2.45, 2.75) is 32.6 Å². The molecule has 0 radical (unpaired) electrons. The summed E-state index contributed by atoms with van der Waals surface area (Å²) in [7, 11) is 4.02. The van der Waals surface area contributed by atoms with E-state index in [1.807, 2.05) is 20.2 Å². The summed E-state index contributed by atoms with van der Waals surface area (Å²) in [6, 6.07) is 12.9. The topological polar surface area (TPSA) is 73.8 Å². The number of carbonyl (C=O) groups is 3. The third-order valence-corrected chi connectivity index (χ3v) is 6.78. The summed E-state index contributed by atoms with van der Waals surface area (Å²) in [5, 5.41) is 0.677. The number of imide groups is 1. The maximum atomic E-state index is 13.5. The minimum absolute atomic E-state index is 0. The largest absolute Gasteiger partial charge is 0.309 e. The van der Waals surface area contributed by atoms with Gasteiger partial charge in [0.15, 0.2) is 5.13 Å². The highest BCUT2D eigenvalue weighted by Crippen LogP contribution is 2.31. The van der Waals surface area contributed by atoms with Crippen molar-refractivity contribution in [1.82, 2.24) is 9.88 Å². The Balaban J connectivity index is 0.00000324. The molecule has 1 aliphatic rings. The third-order valence-electron chi connectivity index (χ3n) is 5.74. The molecule has 1 aliphatic heterocycles. The lowest BCUT2D eigenvalue weighted by molar-refractivity contribution is -0.121. The van der Waals surface area contributed by atoms with Gasteiger partial charge in [-0.2, -0.15) is 0 Å². The van der Waals surface area contributed by atoms with Crippen LogP contribution in [0.3, 0.4) is 0 Å². The van der Waals surface area contributed by atoms with E-state index in [2.05, 4.69) is 24.0 Å². The molecule has 1 saturated heterocycles. The molecule has 0 N–H and O–H groups in total. The van der Waals surface area contributed by atoms with Crippen LogP contribution in [0.5, 0.6) is 0 Å². The van der Waals surface area contributed by atoms with Crippen molar-refractivity contribution < 1.29 is 14.4 Å². The van der Waals surface area contributed by atoms with E-state index < -0.39 is 0 Å². The van der Waals surface area contributed by atoms with Crippen molar-refractivity contribution in [3.63, 3.8) is 0 Å². The Bertz CT molecular complexity index is 1180. The molecule has 0 aliphatic carbocycles. The van der Waals surface area contributed by atoms with Crippen LogP contribution in [0.15, 0.2) is 42.5 Å². The van der Waals surface area contributed by atoms with Crippen molar-refractivity contribution in [2.75, 3.05) is 37.0 Å². The summed E-state index contributed by atoms with van der Waals surface area (Å²) in [6.07, 6.45) is 2.22. The van der Waals surface area contributed by atoms with Crippen molar-refractivity contribution in [3.8, 4) is 0 Å². The lowest BCUT2D eigenvalue weighted by Crippen LogP contribution is -2.33. The number of anilines is 2. The monoisotopic (exact) mass is 500 g/mol. The van der Waals surface area contributed by atoms with Crippen LogP contribution < -0.4 is 9.80 Å². The molecule has 0 spiro atoms. The van der Waals surface area contributed by atoms with Gasteiger partial charge in [-0.05, 0) is 75.4 Å². The highest BCUT2D eigenvalue weighted by molar-refractivity contribution is 7.22. The first-order valence-corrected chi connectivity index (χ1v) is 12.0. The Morgan fingerprint density at radius 3 is 2.32 bits per heavy atom. The molecule has 34 heavy (non-hydrogen) atoms. The highest BCUT2D eigenvalue weighted by atomic mass is 35.5. The van der Waals surface area contributed by atoms with Crippen LogP contribution in [0, 0.1) is 0 Å². The Morgan fingerprint density at radius 1 is 1.03 bits per heavy atom. The van der Waals surface area contributed by atoms with Crippen molar-refractivity contribution in [3.05, 3.63) is 53.6 Å². The zero-order chi connectivity index (χ0) is 23.5. The maximum Gasteiger partial charge on any atom is 0.260 e. The molecule has 4 rings (SSSR count). The Hall–Kier alpha value is -2.81. The van der Waals surface area contributed by atoms with Gasteiger partial charge in [-0.25, -0.2) is 4.98 Å². The molecule has 0 unspecified atom stereocenters. The van der Waals surface area contributed by atoms with Gasteiger partial charge in [0.1, 0.15) is 0 Å². The van der Waals surface area contributed by atoms with E-state index in [1.54, 1.807) is 29.2 Å². The fourth-order valence-electron chi connectivity index (χ4n) is 3.89. The van der Waals surface area contributed by atoms with Gasteiger partial charge in [0, 0.05) is 24.9 Å². The number of benzene rings is 2. The van der Waals surface area contributed by atoms with Crippen molar-refractivity contribution in [1.29, 1.82) is 0 Å². The van der Waals surface area contributed by atoms with Crippen LogP contribution >= 0.6 is 23.7 Å². The predicted octanol–water partition coefficient (Wildman–Crippen LogP) is 4.53. The summed E-state index contributed by atoms with van der Waals surface area (Å²) in [6.45, 7) is 3.52. The number of thiazole rings is 1. The Kier molecular flexibility index (Phi) is 8.41. The van der Waals surface area contributed by atoms with Gasteiger partial charge in [0.2, 0.25) is 11.8 Å². The zero-order valence-corrected chi connectivity index (χ0v) is 21.2. The third kappa shape index (κ3) is 5.46. The van der Waals surface area contributed by atoms with Crippen molar-refractivity contribution >= 4 is 62.5 Å². The quantitative estimate of drug-likeness (QED) is 0.425. The van der Waals surface area contributed by atoms with E-state index in [0.717, 1.165) is 29.6 Å². The van der Waals surface area contributed by atoms with Crippen molar-refractivity contribution in [2.24, 2.45) is 0 Å². The molecule has 1 aromatic heterocycles. The molecule has 2 heterocycles. The minimum atomic E-state index is -0.203. The maximum absolute atomic E-state index is 13.5. The second-order valence-electron chi connectivity index (χ2n) is 8.44. The van der Waals surface area contributed by atoms with E-state index >= 15 is 0 Å². The number of aromatic nitrogens is 1. The molecular formula is C25H29ClN4O3S. The molecular weight excluding hydrogens is 472 g/mol. The number of hydrogen-bond acceptors (Lipinski definition) is 6. The summed E-state index contributed by atoms with van der Waals surface area (Å²) in [5.41, 5.74) is 3.13. The number of fused-ring (bicyclic) bond motifs is 1. The molecule has 0 saturated carbocycles. The van der Waals surface area contributed by atoms with E-state index in [4.69, 9.17) is 4.98 Å². The average molecular weight is 501 g/mol. The van der Waals surface area contributed by atoms with Crippen LogP contribution in [0.1, 0.15) is 42.1 Å². The fraction of sp³-hybridized carbons (Fsp3) is 0.360. The summed E-state index contributed by atoms with van der Waals surface area (Å²) in [4.78, 5) is 47.3. The molecule has 0 atom stereocenters. The van der Waals surface area contributed by atoms with E-state index in [9.17, 15) is 14.4 Å². The number of nitrogens with zero attached hydrogens (tertiary/aromatic N) is 4. The first-order chi connectivity index (χ1) is 15.9. The summed E-state index contributed by atoms with van der Waals surface area (Å²) in [5.74, 6) is -0.551.